The molecule has 0 aromatic carbocycles. The molecular weight excluding hydrogens is 156 g/mol. The SMILES string of the molecule is CCC1C/C=C\CCCCCCC1. The van der Waals surface area contributed by atoms with Crippen LogP contribution in [0.25, 0.3) is 0 Å². The van der Waals surface area contributed by atoms with Crippen LogP contribution in [0.1, 0.15) is 64.7 Å². The molecule has 0 amide bonds. The smallest absolute Gasteiger partial charge is 0.0322 e. The van der Waals surface area contributed by atoms with Crippen molar-refractivity contribution in [3.05, 3.63) is 12.2 Å². The van der Waals surface area contributed by atoms with E-state index in [0.29, 0.717) is 0 Å². The quantitative estimate of drug-likeness (QED) is 0.513. The highest BCUT2D eigenvalue weighted by atomic mass is 14.1. The highest BCUT2D eigenvalue weighted by Gasteiger charge is 2.04. The third kappa shape index (κ3) is 5.13. The van der Waals surface area contributed by atoms with Gasteiger partial charge in [-0.3, -0.25) is 0 Å². The van der Waals surface area contributed by atoms with Crippen molar-refractivity contribution in [3.8, 4) is 0 Å². The Balaban J connectivity index is 2.28. The van der Waals surface area contributed by atoms with Gasteiger partial charge in [0.1, 0.15) is 0 Å². The summed E-state index contributed by atoms with van der Waals surface area (Å²) < 4.78 is 0. The maximum atomic E-state index is 2.42. The van der Waals surface area contributed by atoms with E-state index < -0.39 is 0 Å². The van der Waals surface area contributed by atoms with Crippen LogP contribution in [0, 0.1) is 5.92 Å². The van der Waals surface area contributed by atoms with Gasteiger partial charge in [0.2, 0.25) is 0 Å². The van der Waals surface area contributed by atoms with Gasteiger partial charge < -0.3 is 0 Å². The molecule has 0 aromatic heterocycles. The molecule has 1 atom stereocenters. The van der Waals surface area contributed by atoms with E-state index in [4.69, 9.17) is 0 Å². The zero-order valence-electron chi connectivity index (χ0n) is 9.10. The van der Waals surface area contributed by atoms with E-state index >= 15 is 0 Å². The largest absolute Gasteiger partial charge is 0.0885 e. The lowest BCUT2D eigenvalue weighted by molar-refractivity contribution is 0.445. The molecule has 1 rings (SSSR count). The summed E-state index contributed by atoms with van der Waals surface area (Å²) in [6.07, 6.45) is 17.5. The van der Waals surface area contributed by atoms with Gasteiger partial charge in [-0.25, -0.2) is 0 Å². The first-order valence-electron chi connectivity index (χ1n) is 6.08. The molecule has 0 bridgehead atoms. The van der Waals surface area contributed by atoms with Crippen molar-refractivity contribution in [2.24, 2.45) is 5.92 Å². The molecule has 0 heterocycles. The molecule has 0 aliphatic heterocycles. The van der Waals surface area contributed by atoms with Crippen molar-refractivity contribution < 1.29 is 0 Å². The van der Waals surface area contributed by atoms with Crippen molar-refractivity contribution in [2.45, 2.75) is 64.7 Å². The lowest BCUT2D eigenvalue weighted by Crippen LogP contribution is -1.96. The van der Waals surface area contributed by atoms with Gasteiger partial charge in [-0.15, -0.1) is 0 Å². The van der Waals surface area contributed by atoms with Gasteiger partial charge in [-0.05, 0) is 25.2 Å². The number of rotatable bonds is 1. The fourth-order valence-electron chi connectivity index (χ4n) is 2.12. The second kappa shape index (κ2) is 7.17. The Kier molecular flexibility index (Phi) is 5.97. The summed E-state index contributed by atoms with van der Waals surface area (Å²) >= 11 is 0. The highest BCUT2D eigenvalue weighted by Crippen LogP contribution is 2.20. The lowest BCUT2D eigenvalue weighted by Gasteiger charge is -2.11. The summed E-state index contributed by atoms with van der Waals surface area (Å²) in [5, 5.41) is 0. The van der Waals surface area contributed by atoms with Crippen LogP contribution >= 0.6 is 0 Å². The highest BCUT2D eigenvalue weighted by molar-refractivity contribution is 4.84. The van der Waals surface area contributed by atoms with E-state index in [1.807, 2.05) is 0 Å². The van der Waals surface area contributed by atoms with Gasteiger partial charge in [0, 0.05) is 0 Å². The number of allylic oxidation sites excluding steroid dienone is 2. The zero-order chi connectivity index (χ0) is 9.36. The normalized spacial score (nSPS) is 29.2. The van der Waals surface area contributed by atoms with Crippen LogP contribution in [-0.4, -0.2) is 0 Å². The van der Waals surface area contributed by atoms with Crippen LogP contribution in [-0.2, 0) is 0 Å². The van der Waals surface area contributed by atoms with Gasteiger partial charge in [-0.1, -0.05) is 57.6 Å². The molecule has 0 aromatic rings. The molecule has 0 saturated heterocycles. The molecule has 0 radical (unpaired) electrons. The second-order valence-corrected chi connectivity index (χ2v) is 4.33. The zero-order valence-corrected chi connectivity index (χ0v) is 9.10. The van der Waals surface area contributed by atoms with E-state index in [0.717, 1.165) is 5.92 Å². The topological polar surface area (TPSA) is 0 Å². The Morgan fingerprint density at radius 1 is 1.00 bits per heavy atom. The summed E-state index contributed by atoms with van der Waals surface area (Å²) in [7, 11) is 0. The molecule has 76 valence electrons. The van der Waals surface area contributed by atoms with Crippen molar-refractivity contribution in [1.82, 2.24) is 0 Å². The fourth-order valence-corrected chi connectivity index (χ4v) is 2.12. The molecule has 1 unspecified atom stereocenters. The summed E-state index contributed by atoms with van der Waals surface area (Å²) in [6, 6.07) is 0. The Labute approximate surface area is 83.4 Å². The van der Waals surface area contributed by atoms with Gasteiger partial charge in [0.15, 0.2) is 0 Å². The van der Waals surface area contributed by atoms with Gasteiger partial charge in [0.05, 0.1) is 0 Å². The Hall–Kier alpha value is -0.260. The molecule has 13 heavy (non-hydrogen) atoms. The van der Waals surface area contributed by atoms with E-state index in [2.05, 4.69) is 19.1 Å². The Bertz CT molecular complexity index is 135. The lowest BCUT2D eigenvalue weighted by atomic mass is 9.95. The molecule has 1 aliphatic rings. The molecular formula is C13H24. The molecule has 0 nitrogen and oxygen atoms in total. The Morgan fingerprint density at radius 3 is 2.62 bits per heavy atom. The first-order valence-corrected chi connectivity index (χ1v) is 6.08. The molecule has 0 saturated carbocycles. The van der Waals surface area contributed by atoms with Crippen molar-refractivity contribution >= 4 is 0 Å². The average Bonchev–Trinajstić information content (AvgIpc) is 2.22. The molecule has 0 spiro atoms. The second-order valence-electron chi connectivity index (χ2n) is 4.33. The van der Waals surface area contributed by atoms with Crippen LogP contribution in [0.5, 0.6) is 0 Å². The fraction of sp³-hybridized carbons (Fsp3) is 0.846. The third-order valence-electron chi connectivity index (χ3n) is 3.20. The van der Waals surface area contributed by atoms with E-state index in [1.54, 1.807) is 0 Å². The monoisotopic (exact) mass is 180 g/mol. The van der Waals surface area contributed by atoms with Crippen molar-refractivity contribution in [1.29, 1.82) is 0 Å². The molecule has 1 aliphatic carbocycles. The average molecular weight is 180 g/mol. The van der Waals surface area contributed by atoms with Gasteiger partial charge in [-0.2, -0.15) is 0 Å². The number of hydrogen-bond acceptors (Lipinski definition) is 0. The Morgan fingerprint density at radius 2 is 1.77 bits per heavy atom. The van der Waals surface area contributed by atoms with Crippen LogP contribution in [0.15, 0.2) is 12.2 Å². The van der Waals surface area contributed by atoms with Crippen LogP contribution in [0.2, 0.25) is 0 Å². The molecule has 0 fully saturated rings. The summed E-state index contributed by atoms with van der Waals surface area (Å²) in [5.74, 6) is 0.967. The van der Waals surface area contributed by atoms with Crippen molar-refractivity contribution in [3.63, 3.8) is 0 Å². The predicted molar refractivity (Wildman–Crippen MR) is 59.9 cm³/mol. The molecule has 0 N–H and O–H groups in total. The first kappa shape index (κ1) is 10.8. The van der Waals surface area contributed by atoms with E-state index in [-0.39, 0.29) is 0 Å². The summed E-state index contributed by atoms with van der Waals surface area (Å²) in [5.41, 5.74) is 0. The predicted octanol–water partition coefficient (Wildman–Crippen LogP) is 4.70. The standard InChI is InChI=1S/C13H24/c1-2-13-11-9-7-5-3-4-6-8-10-12-13/h7,9,13H,2-6,8,10-12H2,1H3/b9-7-. The maximum Gasteiger partial charge on any atom is -0.0322 e. The van der Waals surface area contributed by atoms with Gasteiger partial charge >= 0.3 is 0 Å². The minimum Gasteiger partial charge on any atom is -0.0885 e. The van der Waals surface area contributed by atoms with Crippen molar-refractivity contribution in [2.75, 3.05) is 0 Å². The third-order valence-corrected chi connectivity index (χ3v) is 3.20. The van der Waals surface area contributed by atoms with E-state index in [1.165, 1.54) is 57.8 Å². The minimum atomic E-state index is 0.967. The maximum absolute atomic E-state index is 2.42. The van der Waals surface area contributed by atoms with Crippen LogP contribution < -0.4 is 0 Å². The van der Waals surface area contributed by atoms with E-state index in [9.17, 15) is 0 Å². The number of hydrogen-bond donors (Lipinski definition) is 0. The minimum absolute atomic E-state index is 0.967. The van der Waals surface area contributed by atoms with Crippen LogP contribution in [0.4, 0.5) is 0 Å². The summed E-state index contributed by atoms with van der Waals surface area (Å²) in [6.45, 7) is 2.33. The van der Waals surface area contributed by atoms with Gasteiger partial charge in [0.25, 0.3) is 0 Å². The van der Waals surface area contributed by atoms with Crippen LogP contribution in [0.3, 0.4) is 0 Å². The summed E-state index contributed by atoms with van der Waals surface area (Å²) in [4.78, 5) is 0. The first-order chi connectivity index (χ1) is 6.43. The molecule has 0 heteroatoms.